The van der Waals surface area contributed by atoms with E-state index in [2.05, 4.69) is 4.74 Å². The first-order chi connectivity index (χ1) is 13.8. The molecule has 2 bridgehead atoms. The number of esters is 2. The summed E-state index contributed by atoms with van der Waals surface area (Å²) in [5, 5.41) is -4.70. The Labute approximate surface area is 170 Å². The molecule has 0 aromatic heterocycles. The smallest absolute Gasteiger partial charge is 0.402 e. The summed E-state index contributed by atoms with van der Waals surface area (Å²) in [6.45, 7) is 1.58. The van der Waals surface area contributed by atoms with Crippen molar-refractivity contribution in [3.63, 3.8) is 0 Å². The summed E-state index contributed by atoms with van der Waals surface area (Å²) in [7, 11) is -5.79. The Kier molecular flexibility index (Phi) is 4.86. The van der Waals surface area contributed by atoms with E-state index in [9.17, 15) is 31.6 Å². The van der Waals surface area contributed by atoms with Crippen molar-refractivity contribution in [2.45, 2.75) is 62.3 Å². The lowest BCUT2D eigenvalue weighted by Gasteiger charge is -2.33. The molecule has 13 heteroatoms. The fourth-order valence-corrected chi connectivity index (χ4v) is 4.74. The van der Waals surface area contributed by atoms with Crippen LogP contribution in [0.25, 0.3) is 0 Å². The van der Waals surface area contributed by atoms with Crippen LogP contribution in [0.15, 0.2) is 0 Å². The lowest BCUT2D eigenvalue weighted by molar-refractivity contribution is -0.166. The molecule has 0 aromatic rings. The van der Waals surface area contributed by atoms with E-state index in [0.29, 0.717) is 12.8 Å². The Morgan fingerprint density at radius 3 is 2.43 bits per heavy atom. The summed E-state index contributed by atoms with van der Waals surface area (Å²) in [5.74, 6) is -4.79. The van der Waals surface area contributed by atoms with Crippen LogP contribution >= 0.6 is 0 Å². The molecule has 4 aliphatic rings. The zero-order valence-corrected chi connectivity index (χ0v) is 16.9. The van der Waals surface area contributed by atoms with Gasteiger partial charge in [0.05, 0.1) is 24.0 Å². The van der Waals surface area contributed by atoms with Gasteiger partial charge in [0.1, 0.15) is 12.0 Å². The summed E-state index contributed by atoms with van der Waals surface area (Å²) >= 11 is 0. The molecule has 10 nitrogen and oxygen atoms in total. The topological polar surface area (TPSA) is 137 Å². The van der Waals surface area contributed by atoms with E-state index in [1.807, 2.05) is 0 Å². The molecule has 0 aromatic carbocycles. The first kappa shape index (κ1) is 21.4. The van der Waals surface area contributed by atoms with Crippen LogP contribution in [0, 0.1) is 17.8 Å². The Hall–Kier alpha value is -1.86. The Morgan fingerprint density at radius 1 is 1.27 bits per heavy atom. The van der Waals surface area contributed by atoms with Crippen LogP contribution in [-0.2, 0) is 38.7 Å². The van der Waals surface area contributed by atoms with Crippen LogP contribution in [0.2, 0.25) is 0 Å². The maximum atomic E-state index is 13.5. The van der Waals surface area contributed by atoms with Gasteiger partial charge in [-0.05, 0) is 26.7 Å². The van der Waals surface area contributed by atoms with Gasteiger partial charge in [-0.2, -0.15) is 17.2 Å². The number of rotatable bonds is 7. The van der Waals surface area contributed by atoms with Crippen LogP contribution in [0.5, 0.6) is 0 Å². The molecule has 0 radical (unpaired) electrons. The fraction of sp³-hybridized carbons (Fsp3) is 0.824. The Balaban J connectivity index is 1.57. The molecule has 3 heterocycles. The number of ether oxygens (including phenoxy) is 3. The summed E-state index contributed by atoms with van der Waals surface area (Å²) in [6.07, 6.45) is -1.46. The van der Waals surface area contributed by atoms with Crippen molar-refractivity contribution in [1.82, 2.24) is 4.90 Å². The molecule has 3 aliphatic heterocycles. The molecule has 4 fully saturated rings. The lowest BCUT2D eigenvalue weighted by atomic mass is 9.78. The predicted octanol–water partition coefficient (Wildman–Crippen LogP) is -0.0354. The molecule has 1 N–H and O–H groups in total. The fourth-order valence-electron chi connectivity index (χ4n) is 4.54. The summed E-state index contributed by atoms with van der Waals surface area (Å²) in [6, 6.07) is -0.892. The van der Waals surface area contributed by atoms with Crippen LogP contribution in [0.4, 0.5) is 8.78 Å². The SMILES string of the molecule is CC(C)N1C(=O)C2C3OC(C(OC(=O)C4CC4)C31)C2C(=O)OCC(F)(F)S(=O)(=O)O. The Bertz CT molecular complexity index is 888. The van der Waals surface area contributed by atoms with Crippen molar-refractivity contribution in [2.75, 3.05) is 6.61 Å². The van der Waals surface area contributed by atoms with Gasteiger partial charge in [0, 0.05) is 6.04 Å². The lowest BCUT2D eigenvalue weighted by Crippen LogP contribution is -2.52. The molecule has 168 valence electrons. The third-order valence-electron chi connectivity index (χ3n) is 6.02. The van der Waals surface area contributed by atoms with Gasteiger partial charge in [-0.3, -0.25) is 18.9 Å². The third-order valence-corrected chi connectivity index (χ3v) is 6.89. The van der Waals surface area contributed by atoms with Crippen molar-refractivity contribution in [3.8, 4) is 0 Å². The van der Waals surface area contributed by atoms with Crippen LogP contribution in [0.3, 0.4) is 0 Å². The van der Waals surface area contributed by atoms with Gasteiger partial charge in [-0.1, -0.05) is 0 Å². The van der Waals surface area contributed by atoms with E-state index in [-0.39, 0.29) is 12.0 Å². The number of amides is 1. The molecule has 1 aliphatic carbocycles. The quantitative estimate of drug-likeness (QED) is 0.416. The molecule has 6 atom stereocenters. The highest BCUT2D eigenvalue weighted by molar-refractivity contribution is 7.86. The second kappa shape index (κ2) is 6.82. The molecular weight excluding hydrogens is 432 g/mol. The minimum atomic E-state index is -5.79. The monoisotopic (exact) mass is 453 g/mol. The minimum Gasteiger partial charge on any atom is -0.458 e. The van der Waals surface area contributed by atoms with E-state index in [1.54, 1.807) is 13.8 Å². The molecular formula is C17H21F2NO9S. The average Bonchev–Trinajstić information content (AvgIpc) is 3.28. The number of fused-ring (bicyclic) bond motifs is 1. The summed E-state index contributed by atoms with van der Waals surface area (Å²) < 4.78 is 72.7. The zero-order valence-electron chi connectivity index (χ0n) is 16.1. The van der Waals surface area contributed by atoms with Gasteiger partial charge in [-0.25, -0.2) is 0 Å². The van der Waals surface area contributed by atoms with Crippen LogP contribution in [-0.4, -0.2) is 78.0 Å². The molecule has 4 rings (SSSR count). The molecule has 1 saturated carbocycles. The van der Waals surface area contributed by atoms with Gasteiger partial charge >= 0.3 is 27.3 Å². The number of alkyl halides is 2. The van der Waals surface area contributed by atoms with Crippen LogP contribution < -0.4 is 0 Å². The molecule has 1 amide bonds. The Morgan fingerprint density at radius 2 is 1.90 bits per heavy atom. The maximum Gasteiger partial charge on any atom is 0.402 e. The van der Waals surface area contributed by atoms with Crippen molar-refractivity contribution in [1.29, 1.82) is 0 Å². The number of likely N-dealkylation sites (tertiary alicyclic amines) is 1. The van der Waals surface area contributed by atoms with E-state index < -0.39 is 76.0 Å². The van der Waals surface area contributed by atoms with Gasteiger partial charge in [0.15, 0.2) is 12.7 Å². The molecule has 30 heavy (non-hydrogen) atoms. The highest BCUT2D eigenvalue weighted by Gasteiger charge is 2.73. The maximum absolute atomic E-state index is 13.5. The van der Waals surface area contributed by atoms with E-state index in [1.165, 1.54) is 4.90 Å². The van der Waals surface area contributed by atoms with Gasteiger partial charge in [-0.15, -0.1) is 0 Å². The second-order valence-electron chi connectivity index (χ2n) is 8.34. The van der Waals surface area contributed by atoms with Gasteiger partial charge in [0.25, 0.3) is 0 Å². The van der Waals surface area contributed by atoms with E-state index in [0.717, 1.165) is 0 Å². The molecule has 0 spiro atoms. The van der Waals surface area contributed by atoms with Crippen molar-refractivity contribution in [2.24, 2.45) is 17.8 Å². The van der Waals surface area contributed by atoms with Crippen molar-refractivity contribution in [3.05, 3.63) is 0 Å². The normalized spacial score (nSPS) is 35.3. The van der Waals surface area contributed by atoms with E-state index in [4.69, 9.17) is 14.0 Å². The number of carbonyl (C=O) groups excluding carboxylic acids is 3. The first-order valence-corrected chi connectivity index (χ1v) is 11.0. The number of nitrogens with zero attached hydrogens (tertiary/aromatic N) is 1. The first-order valence-electron chi connectivity index (χ1n) is 9.55. The van der Waals surface area contributed by atoms with Gasteiger partial charge in [0.2, 0.25) is 5.91 Å². The molecule has 6 unspecified atom stereocenters. The number of halogens is 2. The number of hydrogen-bond acceptors (Lipinski definition) is 8. The minimum absolute atomic E-state index is 0.247. The standard InChI is InChI=1S/C17H21F2NO9S/c1-6(2)20-10-11-8(14(20)21)9(16(23)27-5-17(18,19)30(24,25)26)12(28-11)13(10)29-15(22)7-3-4-7/h6-13H,3-5H2,1-2H3,(H,24,25,26). The van der Waals surface area contributed by atoms with Crippen LogP contribution in [0.1, 0.15) is 26.7 Å². The average molecular weight is 453 g/mol. The van der Waals surface area contributed by atoms with Gasteiger partial charge < -0.3 is 19.1 Å². The highest BCUT2D eigenvalue weighted by Crippen LogP contribution is 2.53. The third kappa shape index (κ3) is 3.17. The predicted molar refractivity (Wildman–Crippen MR) is 91.5 cm³/mol. The summed E-state index contributed by atoms with van der Waals surface area (Å²) in [5.41, 5.74) is 0. The number of carbonyl (C=O) groups is 3. The summed E-state index contributed by atoms with van der Waals surface area (Å²) in [4.78, 5) is 39.2. The van der Waals surface area contributed by atoms with Crippen molar-refractivity contribution >= 4 is 28.0 Å². The zero-order chi connectivity index (χ0) is 22.2. The highest BCUT2D eigenvalue weighted by atomic mass is 32.2. The second-order valence-corrected chi connectivity index (χ2v) is 9.89. The van der Waals surface area contributed by atoms with E-state index >= 15 is 0 Å². The van der Waals surface area contributed by atoms with Crippen molar-refractivity contribution < 1.29 is 50.3 Å². The number of hydrogen-bond donors (Lipinski definition) is 1. The largest absolute Gasteiger partial charge is 0.458 e. The molecule has 3 saturated heterocycles.